The van der Waals surface area contributed by atoms with E-state index in [0.29, 0.717) is 19.4 Å². The number of allylic oxidation sites excluding steroid dienone is 8. The molecule has 0 heterocycles. The second kappa shape index (κ2) is 55.2. The van der Waals surface area contributed by atoms with E-state index in [1.54, 1.807) is 0 Å². The number of hydrogen-bond acceptors (Lipinski definition) is 5. The highest BCUT2D eigenvalue weighted by Gasteiger charge is 2.17. The van der Waals surface area contributed by atoms with Crippen molar-refractivity contribution in [1.29, 1.82) is 0 Å². The van der Waals surface area contributed by atoms with Gasteiger partial charge in [0.2, 0.25) is 0 Å². The lowest BCUT2D eigenvalue weighted by Gasteiger charge is -2.18. The molecule has 0 radical (unpaired) electrons. The molecule has 0 bridgehead atoms. The van der Waals surface area contributed by atoms with Crippen molar-refractivity contribution >= 4 is 11.9 Å². The van der Waals surface area contributed by atoms with Crippen LogP contribution in [0.25, 0.3) is 0 Å². The Balaban J connectivity index is 4.24. The fourth-order valence-electron chi connectivity index (χ4n) is 8.06. The van der Waals surface area contributed by atoms with E-state index in [1.165, 1.54) is 199 Å². The molecule has 0 fully saturated rings. The average molecular weight is 898 g/mol. The van der Waals surface area contributed by atoms with Gasteiger partial charge in [0.25, 0.3) is 0 Å². The maximum atomic E-state index is 12.8. The number of hydrogen-bond donors (Lipinski definition) is 0. The molecular formula is C59H108O5. The van der Waals surface area contributed by atoms with Crippen molar-refractivity contribution in [3.8, 4) is 0 Å². The highest BCUT2D eigenvalue weighted by molar-refractivity contribution is 5.70. The summed E-state index contributed by atoms with van der Waals surface area (Å²) in [4.78, 5) is 25.5. The van der Waals surface area contributed by atoms with E-state index in [4.69, 9.17) is 14.2 Å². The molecule has 0 N–H and O–H groups in total. The number of ether oxygens (including phenoxy) is 3. The maximum absolute atomic E-state index is 12.8. The second-order valence-corrected chi connectivity index (χ2v) is 18.8. The van der Waals surface area contributed by atoms with Crippen LogP contribution < -0.4 is 0 Å². The molecule has 0 aromatic heterocycles. The maximum Gasteiger partial charge on any atom is 0.306 e. The molecule has 374 valence electrons. The van der Waals surface area contributed by atoms with Crippen LogP contribution in [0.2, 0.25) is 0 Å². The minimum absolute atomic E-state index is 0.0794. The summed E-state index contributed by atoms with van der Waals surface area (Å²) in [6.07, 6.45) is 68.4. The van der Waals surface area contributed by atoms with Gasteiger partial charge in [-0.15, -0.1) is 0 Å². The van der Waals surface area contributed by atoms with Crippen molar-refractivity contribution in [1.82, 2.24) is 0 Å². The Bertz CT molecular complexity index is 1060. The highest BCUT2D eigenvalue weighted by Crippen LogP contribution is 2.15. The molecule has 0 aromatic rings. The van der Waals surface area contributed by atoms with E-state index in [-0.39, 0.29) is 25.2 Å². The lowest BCUT2D eigenvalue weighted by molar-refractivity contribution is -0.163. The third kappa shape index (κ3) is 52.5. The fraction of sp³-hybridized carbons (Fsp3) is 0.831. The third-order valence-corrected chi connectivity index (χ3v) is 12.3. The van der Waals surface area contributed by atoms with Gasteiger partial charge < -0.3 is 14.2 Å². The summed E-state index contributed by atoms with van der Waals surface area (Å²) < 4.78 is 17.4. The number of carbonyl (C=O) groups excluding carboxylic acids is 2. The van der Waals surface area contributed by atoms with Crippen LogP contribution in [-0.2, 0) is 23.8 Å². The Morgan fingerprint density at radius 1 is 0.344 bits per heavy atom. The van der Waals surface area contributed by atoms with E-state index in [1.807, 2.05) is 0 Å². The summed E-state index contributed by atoms with van der Waals surface area (Å²) >= 11 is 0. The van der Waals surface area contributed by atoms with Crippen LogP contribution in [0.4, 0.5) is 0 Å². The van der Waals surface area contributed by atoms with Gasteiger partial charge in [0, 0.05) is 19.4 Å². The Labute approximate surface area is 399 Å². The number of esters is 2. The first-order valence-corrected chi connectivity index (χ1v) is 28.2. The minimum atomic E-state index is -0.544. The molecule has 0 saturated carbocycles. The summed E-state index contributed by atoms with van der Waals surface area (Å²) in [7, 11) is 0. The quantitative estimate of drug-likeness (QED) is 0.0346. The summed E-state index contributed by atoms with van der Waals surface area (Å²) in [6, 6.07) is 0. The largest absolute Gasteiger partial charge is 0.462 e. The zero-order valence-electron chi connectivity index (χ0n) is 43.1. The molecule has 0 saturated heterocycles. The lowest BCUT2D eigenvalue weighted by Crippen LogP contribution is -2.30. The summed E-state index contributed by atoms with van der Waals surface area (Å²) in [5.41, 5.74) is 0. The van der Waals surface area contributed by atoms with Gasteiger partial charge in [-0.1, -0.05) is 223 Å². The van der Waals surface area contributed by atoms with Crippen LogP contribution in [0.3, 0.4) is 0 Å². The van der Waals surface area contributed by atoms with Gasteiger partial charge in [0.15, 0.2) is 6.10 Å². The Morgan fingerprint density at radius 3 is 1.09 bits per heavy atom. The minimum Gasteiger partial charge on any atom is -0.462 e. The van der Waals surface area contributed by atoms with Crippen LogP contribution in [0.5, 0.6) is 0 Å². The molecular weight excluding hydrogens is 789 g/mol. The zero-order chi connectivity index (χ0) is 46.3. The zero-order valence-corrected chi connectivity index (χ0v) is 43.1. The van der Waals surface area contributed by atoms with Crippen molar-refractivity contribution in [3.05, 3.63) is 48.6 Å². The molecule has 1 atom stereocenters. The second-order valence-electron chi connectivity index (χ2n) is 18.8. The fourth-order valence-corrected chi connectivity index (χ4v) is 8.06. The van der Waals surface area contributed by atoms with Gasteiger partial charge >= 0.3 is 11.9 Å². The Hall–Kier alpha value is -2.14. The number of unbranched alkanes of at least 4 members (excludes halogenated alkanes) is 33. The molecule has 0 aromatic carbocycles. The first-order chi connectivity index (χ1) is 31.6. The molecule has 64 heavy (non-hydrogen) atoms. The van der Waals surface area contributed by atoms with E-state index in [9.17, 15) is 9.59 Å². The summed E-state index contributed by atoms with van der Waals surface area (Å²) in [6.45, 7) is 7.80. The number of carbonyl (C=O) groups is 2. The van der Waals surface area contributed by atoms with Crippen molar-refractivity contribution in [2.24, 2.45) is 0 Å². The predicted molar refractivity (Wildman–Crippen MR) is 279 cm³/mol. The molecule has 0 aliphatic rings. The molecule has 0 aliphatic heterocycles. The molecule has 0 spiro atoms. The van der Waals surface area contributed by atoms with E-state index >= 15 is 0 Å². The van der Waals surface area contributed by atoms with E-state index < -0.39 is 6.10 Å². The Morgan fingerprint density at radius 2 is 0.656 bits per heavy atom. The molecule has 5 nitrogen and oxygen atoms in total. The number of rotatable bonds is 52. The SMILES string of the molecule is CCCCC/C=C\C/C=C\CCCCCCCCCCCC(=O)OCC(COCCCCCCCC/C=C\CCCCCCCC)OC(=O)CCCCCCC/C=C\CCCCCC. The van der Waals surface area contributed by atoms with Gasteiger partial charge in [-0.25, -0.2) is 0 Å². The standard InChI is InChI=1S/C59H108O5/c1-4-7-10-13-16-19-22-25-27-29-30-31-32-35-37-40-43-46-49-52-58(60)63-56-57(64-59(61)53-50-47-44-41-38-34-24-21-18-15-12-9-6-3)55-62-54-51-48-45-42-39-36-33-28-26-23-20-17-14-11-8-5-2/h16,19,21,24-28,57H,4-15,17-18,20,22-23,29-56H2,1-3H3/b19-16-,24-21-,27-25-,28-26-. The first-order valence-electron chi connectivity index (χ1n) is 28.2. The molecule has 5 heteroatoms. The van der Waals surface area contributed by atoms with Crippen molar-refractivity contribution < 1.29 is 23.8 Å². The molecule has 0 amide bonds. The van der Waals surface area contributed by atoms with E-state index in [0.717, 1.165) is 57.8 Å². The Kier molecular flexibility index (Phi) is 53.3. The summed E-state index contributed by atoms with van der Waals surface area (Å²) in [5.74, 6) is -0.404. The highest BCUT2D eigenvalue weighted by atomic mass is 16.6. The van der Waals surface area contributed by atoms with Crippen LogP contribution in [0, 0.1) is 0 Å². The van der Waals surface area contributed by atoms with Crippen LogP contribution in [0.1, 0.15) is 290 Å². The lowest BCUT2D eigenvalue weighted by atomic mass is 10.1. The predicted octanol–water partition coefficient (Wildman–Crippen LogP) is 19.1. The van der Waals surface area contributed by atoms with Gasteiger partial charge in [0.1, 0.15) is 6.61 Å². The first kappa shape index (κ1) is 61.9. The normalized spacial score (nSPS) is 12.5. The van der Waals surface area contributed by atoms with Crippen LogP contribution in [-0.4, -0.2) is 37.9 Å². The molecule has 0 aliphatic carbocycles. The third-order valence-electron chi connectivity index (χ3n) is 12.3. The molecule has 1 unspecified atom stereocenters. The average Bonchev–Trinajstić information content (AvgIpc) is 3.30. The van der Waals surface area contributed by atoms with Gasteiger partial charge in [-0.2, -0.15) is 0 Å². The summed E-state index contributed by atoms with van der Waals surface area (Å²) in [5, 5.41) is 0. The van der Waals surface area contributed by atoms with Crippen molar-refractivity contribution in [2.45, 2.75) is 297 Å². The smallest absolute Gasteiger partial charge is 0.306 e. The van der Waals surface area contributed by atoms with Crippen molar-refractivity contribution in [2.75, 3.05) is 19.8 Å². The van der Waals surface area contributed by atoms with Crippen molar-refractivity contribution in [3.63, 3.8) is 0 Å². The van der Waals surface area contributed by atoms with Gasteiger partial charge in [0.05, 0.1) is 6.61 Å². The van der Waals surface area contributed by atoms with Crippen LogP contribution >= 0.6 is 0 Å². The van der Waals surface area contributed by atoms with Crippen LogP contribution in [0.15, 0.2) is 48.6 Å². The molecule has 0 rings (SSSR count). The van der Waals surface area contributed by atoms with Gasteiger partial charge in [-0.3, -0.25) is 9.59 Å². The monoisotopic (exact) mass is 897 g/mol. The topological polar surface area (TPSA) is 61.8 Å². The van der Waals surface area contributed by atoms with E-state index in [2.05, 4.69) is 69.4 Å². The van der Waals surface area contributed by atoms with Gasteiger partial charge in [-0.05, 0) is 103 Å².